The summed E-state index contributed by atoms with van der Waals surface area (Å²) in [5.74, 6) is -0.244. The Hall–Kier alpha value is -3.21. The SMILES string of the molecule is CC(=O)OCOC(=O)OCC1CC[C@](C=N)(c2ccc3c(N)ncnn23)O1. The second-order valence-corrected chi connectivity index (χ2v) is 5.93. The van der Waals surface area contributed by atoms with Crippen molar-refractivity contribution in [3.63, 3.8) is 0 Å². The predicted octanol–water partition coefficient (Wildman–Crippen LogP) is 1.01. The van der Waals surface area contributed by atoms with Gasteiger partial charge in [0.05, 0.1) is 11.8 Å². The molecular weight excluding hydrogens is 358 g/mol. The number of nitrogens with one attached hydrogen (secondary N) is 1. The van der Waals surface area contributed by atoms with Crippen LogP contribution in [0.2, 0.25) is 0 Å². The van der Waals surface area contributed by atoms with Gasteiger partial charge in [0.15, 0.2) is 5.82 Å². The minimum Gasteiger partial charge on any atom is -0.431 e. The van der Waals surface area contributed by atoms with Crippen LogP contribution in [-0.4, -0.2) is 52.4 Å². The lowest BCUT2D eigenvalue weighted by molar-refractivity contribution is -0.150. The van der Waals surface area contributed by atoms with Crippen LogP contribution in [0.5, 0.6) is 0 Å². The molecule has 3 N–H and O–H groups in total. The van der Waals surface area contributed by atoms with Gasteiger partial charge in [0, 0.05) is 13.1 Å². The fourth-order valence-electron chi connectivity index (χ4n) is 2.91. The molecule has 1 aliphatic rings. The van der Waals surface area contributed by atoms with Crippen molar-refractivity contribution < 1.29 is 28.5 Å². The quantitative estimate of drug-likeness (QED) is 0.427. The van der Waals surface area contributed by atoms with Crippen LogP contribution < -0.4 is 5.73 Å². The first-order valence-electron chi connectivity index (χ1n) is 8.16. The summed E-state index contributed by atoms with van der Waals surface area (Å²) in [6.45, 7) is 0.623. The summed E-state index contributed by atoms with van der Waals surface area (Å²) in [6.07, 6.45) is 2.19. The highest BCUT2D eigenvalue weighted by atomic mass is 16.8. The van der Waals surface area contributed by atoms with E-state index in [1.807, 2.05) is 0 Å². The molecule has 0 aliphatic carbocycles. The normalized spacial score (nSPS) is 21.7. The van der Waals surface area contributed by atoms with Gasteiger partial charge in [-0.15, -0.1) is 0 Å². The number of fused-ring (bicyclic) bond motifs is 1. The monoisotopic (exact) mass is 377 g/mol. The lowest BCUT2D eigenvalue weighted by Crippen LogP contribution is -2.31. The number of esters is 1. The Morgan fingerprint density at radius 3 is 3.00 bits per heavy atom. The van der Waals surface area contributed by atoms with E-state index in [9.17, 15) is 9.59 Å². The molecule has 144 valence electrons. The second kappa shape index (κ2) is 7.58. The zero-order chi connectivity index (χ0) is 19.4. The number of carbonyl (C=O) groups is 2. The summed E-state index contributed by atoms with van der Waals surface area (Å²) in [6, 6.07) is 3.54. The molecule has 11 heteroatoms. The fraction of sp³-hybridized carbons (Fsp3) is 0.438. The molecule has 0 amide bonds. The van der Waals surface area contributed by atoms with E-state index in [-0.39, 0.29) is 6.61 Å². The van der Waals surface area contributed by atoms with E-state index >= 15 is 0 Å². The van der Waals surface area contributed by atoms with Crippen LogP contribution >= 0.6 is 0 Å². The van der Waals surface area contributed by atoms with Gasteiger partial charge < -0.3 is 30.1 Å². The van der Waals surface area contributed by atoms with Crippen molar-refractivity contribution in [1.82, 2.24) is 14.6 Å². The van der Waals surface area contributed by atoms with Gasteiger partial charge >= 0.3 is 12.1 Å². The van der Waals surface area contributed by atoms with Crippen molar-refractivity contribution in [3.05, 3.63) is 24.2 Å². The Morgan fingerprint density at radius 2 is 2.26 bits per heavy atom. The molecular formula is C16H19N5O6. The fourth-order valence-corrected chi connectivity index (χ4v) is 2.91. The van der Waals surface area contributed by atoms with E-state index in [0.717, 1.165) is 0 Å². The molecule has 11 nitrogen and oxygen atoms in total. The van der Waals surface area contributed by atoms with Gasteiger partial charge in [0.25, 0.3) is 0 Å². The van der Waals surface area contributed by atoms with E-state index < -0.39 is 30.6 Å². The van der Waals surface area contributed by atoms with Crippen molar-refractivity contribution in [2.24, 2.45) is 0 Å². The number of nitrogen functional groups attached to an aromatic ring is 1. The van der Waals surface area contributed by atoms with Gasteiger partial charge in [0.2, 0.25) is 6.79 Å². The average molecular weight is 377 g/mol. The highest BCUT2D eigenvalue weighted by molar-refractivity contribution is 5.72. The van der Waals surface area contributed by atoms with Crippen molar-refractivity contribution >= 4 is 29.7 Å². The molecule has 1 unspecified atom stereocenters. The van der Waals surface area contributed by atoms with E-state index in [1.165, 1.54) is 19.5 Å². The Bertz CT molecular complexity index is 868. The van der Waals surface area contributed by atoms with Gasteiger partial charge in [-0.1, -0.05) is 0 Å². The van der Waals surface area contributed by atoms with Crippen molar-refractivity contribution in [1.29, 1.82) is 5.41 Å². The number of hydrogen-bond acceptors (Lipinski definition) is 10. The van der Waals surface area contributed by atoms with Crippen LogP contribution in [0.25, 0.3) is 5.52 Å². The number of aromatic nitrogens is 3. The summed E-state index contributed by atoms with van der Waals surface area (Å²) in [4.78, 5) is 26.0. The zero-order valence-corrected chi connectivity index (χ0v) is 14.6. The van der Waals surface area contributed by atoms with Crippen LogP contribution in [0.1, 0.15) is 25.5 Å². The molecule has 2 aromatic heterocycles. The van der Waals surface area contributed by atoms with E-state index in [2.05, 4.69) is 19.6 Å². The van der Waals surface area contributed by atoms with Gasteiger partial charge in [-0.2, -0.15) is 5.10 Å². The Labute approximate surface area is 153 Å². The molecule has 0 bridgehead atoms. The van der Waals surface area contributed by atoms with Crippen LogP contribution in [0.4, 0.5) is 10.6 Å². The minimum atomic E-state index is -1.01. The highest BCUT2D eigenvalue weighted by Gasteiger charge is 2.43. The maximum absolute atomic E-state index is 11.5. The molecule has 1 saturated heterocycles. The maximum atomic E-state index is 11.5. The van der Waals surface area contributed by atoms with Crippen molar-refractivity contribution in [2.75, 3.05) is 19.1 Å². The molecule has 3 heterocycles. The molecule has 1 aliphatic heterocycles. The predicted molar refractivity (Wildman–Crippen MR) is 91.0 cm³/mol. The first-order valence-corrected chi connectivity index (χ1v) is 8.16. The summed E-state index contributed by atoms with van der Waals surface area (Å²) in [5, 5.41) is 12.1. The molecule has 3 rings (SSSR count). The summed E-state index contributed by atoms with van der Waals surface area (Å²) < 4.78 is 21.6. The molecule has 2 aromatic rings. The molecule has 2 atom stereocenters. The number of anilines is 1. The number of ether oxygens (including phenoxy) is 4. The largest absolute Gasteiger partial charge is 0.511 e. The Morgan fingerprint density at radius 1 is 1.44 bits per heavy atom. The topological polar surface area (TPSA) is 151 Å². The van der Waals surface area contributed by atoms with Gasteiger partial charge in [-0.3, -0.25) is 4.79 Å². The Balaban J connectivity index is 1.64. The number of carbonyl (C=O) groups excluding carboxylic acids is 2. The number of rotatable bonds is 6. The Kier molecular flexibility index (Phi) is 5.21. The van der Waals surface area contributed by atoms with E-state index in [1.54, 1.807) is 16.6 Å². The minimum absolute atomic E-state index is 0.0606. The van der Waals surface area contributed by atoms with E-state index in [4.69, 9.17) is 20.6 Å². The lowest BCUT2D eigenvalue weighted by Gasteiger charge is -2.24. The van der Waals surface area contributed by atoms with Crippen LogP contribution in [-0.2, 0) is 29.3 Å². The smallest absolute Gasteiger partial charge is 0.431 e. The first-order chi connectivity index (χ1) is 12.9. The van der Waals surface area contributed by atoms with Crippen LogP contribution in [0.3, 0.4) is 0 Å². The maximum Gasteiger partial charge on any atom is 0.511 e. The summed E-state index contributed by atoms with van der Waals surface area (Å²) in [7, 11) is 0. The third-order valence-corrected chi connectivity index (χ3v) is 4.19. The highest BCUT2D eigenvalue weighted by Crippen LogP contribution is 2.38. The molecule has 0 radical (unpaired) electrons. The number of nitrogens with two attached hydrogens (primary N) is 1. The standard InChI is InChI=1S/C16H19N5O6/c1-10(22)25-9-26-15(23)24-6-11-4-5-16(7-17,27-11)13-3-2-12-14(18)19-8-20-21(12)13/h2-3,7-8,11,17H,4-6,9H2,1H3,(H2,18,19,20)/t11?,16-/m0/s1. The first kappa shape index (κ1) is 18.6. The summed E-state index contributed by atoms with van der Waals surface area (Å²) >= 11 is 0. The van der Waals surface area contributed by atoms with E-state index in [0.29, 0.717) is 29.9 Å². The molecule has 27 heavy (non-hydrogen) atoms. The van der Waals surface area contributed by atoms with Gasteiger partial charge in [-0.25, -0.2) is 14.3 Å². The van der Waals surface area contributed by atoms with Crippen LogP contribution in [0.15, 0.2) is 18.5 Å². The third kappa shape index (κ3) is 3.82. The zero-order valence-electron chi connectivity index (χ0n) is 14.6. The van der Waals surface area contributed by atoms with Crippen molar-refractivity contribution in [2.45, 2.75) is 31.5 Å². The molecule has 0 saturated carbocycles. The van der Waals surface area contributed by atoms with Gasteiger partial charge in [0.1, 0.15) is 24.1 Å². The molecule has 1 fully saturated rings. The van der Waals surface area contributed by atoms with Crippen molar-refractivity contribution in [3.8, 4) is 0 Å². The van der Waals surface area contributed by atoms with Gasteiger partial charge in [-0.05, 0) is 25.0 Å². The molecule has 0 spiro atoms. The lowest BCUT2D eigenvalue weighted by atomic mass is 9.97. The number of nitrogens with zero attached hydrogens (tertiary/aromatic N) is 3. The second-order valence-electron chi connectivity index (χ2n) is 5.93. The summed E-state index contributed by atoms with van der Waals surface area (Å²) in [5.41, 5.74) is 6.09. The third-order valence-electron chi connectivity index (χ3n) is 4.19. The molecule has 0 aromatic carbocycles. The number of hydrogen-bond donors (Lipinski definition) is 2. The van der Waals surface area contributed by atoms with Crippen LogP contribution in [0, 0.1) is 5.41 Å². The average Bonchev–Trinajstić information content (AvgIpc) is 3.25.